The first kappa shape index (κ1) is 22.0. The predicted molar refractivity (Wildman–Crippen MR) is 118 cm³/mol. The molecule has 158 valence electrons. The van der Waals surface area contributed by atoms with E-state index in [2.05, 4.69) is 25.7 Å². The molecule has 2 heterocycles. The number of aryl methyl sites for hydroxylation is 2. The van der Waals surface area contributed by atoms with Crippen LogP contribution in [0.25, 0.3) is 5.78 Å². The number of halogens is 1. The molecule has 0 bridgehead atoms. The molecule has 0 aliphatic heterocycles. The van der Waals surface area contributed by atoms with Gasteiger partial charge in [0.2, 0.25) is 17.0 Å². The van der Waals surface area contributed by atoms with E-state index in [1.807, 2.05) is 27.0 Å². The highest BCUT2D eigenvalue weighted by Crippen LogP contribution is 2.22. The monoisotopic (exact) mass is 446 g/mol. The molecule has 0 spiro atoms. The van der Waals surface area contributed by atoms with Crippen molar-refractivity contribution in [3.8, 4) is 0 Å². The Hall–Kier alpha value is -2.65. The lowest BCUT2D eigenvalue weighted by Gasteiger charge is -2.11. The average molecular weight is 447 g/mol. The number of hydrogen-bond acceptors (Lipinski definition) is 6. The van der Waals surface area contributed by atoms with Gasteiger partial charge in [0.05, 0.1) is 6.54 Å². The van der Waals surface area contributed by atoms with Crippen LogP contribution < -0.4 is 10.6 Å². The number of rotatable bonds is 7. The number of amides is 2. The lowest BCUT2D eigenvalue weighted by molar-refractivity contribution is -0.124. The third-order valence-electron chi connectivity index (χ3n) is 4.80. The summed E-state index contributed by atoms with van der Waals surface area (Å²) in [5.41, 5.74) is 4.10. The molecule has 30 heavy (non-hydrogen) atoms. The number of benzene rings is 1. The lowest BCUT2D eigenvalue weighted by Crippen LogP contribution is -2.33. The summed E-state index contributed by atoms with van der Waals surface area (Å²) in [7, 11) is 0. The van der Waals surface area contributed by atoms with Crippen molar-refractivity contribution in [2.24, 2.45) is 0 Å². The van der Waals surface area contributed by atoms with Gasteiger partial charge in [0.1, 0.15) is 0 Å². The van der Waals surface area contributed by atoms with E-state index >= 15 is 0 Å². The van der Waals surface area contributed by atoms with E-state index in [1.54, 1.807) is 22.7 Å². The van der Waals surface area contributed by atoms with Gasteiger partial charge in [0, 0.05) is 28.5 Å². The van der Waals surface area contributed by atoms with E-state index < -0.39 is 0 Å². The largest absolute Gasteiger partial charge is 0.347 e. The van der Waals surface area contributed by atoms with Crippen LogP contribution in [-0.2, 0) is 16.0 Å². The third kappa shape index (κ3) is 4.91. The van der Waals surface area contributed by atoms with Crippen LogP contribution in [0, 0.1) is 20.8 Å². The Kier molecular flexibility index (Phi) is 6.94. The minimum absolute atomic E-state index is 0.111. The van der Waals surface area contributed by atoms with Gasteiger partial charge in [-0.05, 0) is 56.7 Å². The van der Waals surface area contributed by atoms with Gasteiger partial charge < -0.3 is 10.6 Å². The van der Waals surface area contributed by atoms with Crippen LogP contribution in [0.4, 0.5) is 5.69 Å². The molecule has 0 aliphatic rings. The van der Waals surface area contributed by atoms with Crippen molar-refractivity contribution in [3.63, 3.8) is 0 Å². The zero-order valence-corrected chi connectivity index (χ0v) is 18.8. The molecule has 3 aromatic rings. The summed E-state index contributed by atoms with van der Waals surface area (Å²) in [5, 5.41) is 11.1. The first-order valence-electron chi connectivity index (χ1n) is 9.38. The summed E-state index contributed by atoms with van der Waals surface area (Å²) >= 11 is 7.51. The van der Waals surface area contributed by atoms with Gasteiger partial charge in [0.25, 0.3) is 5.78 Å². The number of aromatic nitrogens is 4. The molecule has 0 fully saturated rings. The summed E-state index contributed by atoms with van der Waals surface area (Å²) in [5.74, 6) is 0.0298. The van der Waals surface area contributed by atoms with Crippen molar-refractivity contribution in [3.05, 3.63) is 45.7 Å². The highest BCUT2D eigenvalue weighted by atomic mass is 35.5. The van der Waals surface area contributed by atoms with Crippen LogP contribution in [-0.4, -0.2) is 44.2 Å². The number of carbonyl (C=O) groups excluding carboxylic acids is 2. The van der Waals surface area contributed by atoms with Crippen molar-refractivity contribution in [2.45, 2.75) is 38.8 Å². The van der Waals surface area contributed by atoms with Crippen molar-refractivity contribution < 1.29 is 9.59 Å². The average Bonchev–Trinajstić information content (AvgIpc) is 3.13. The van der Waals surface area contributed by atoms with Gasteiger partial charge in [-0.2, -0.15) is 4.98 Å². The van der Waals surface area contributed by atoms with Gasteiger partial charge >= 0.3 is 0 Å². The van der Waals surface area contributed by atoms with Gasteiger partial charge in [-0.25, -0.2) is 9.50 Å². The second kappa shape index (κ2) is 9.44. The number of nitrogens with one attached hydrogen (secondary N) is 2. The second-order valence-electron chi connectivity index (χ2n) is 6.81. The Labute approximate surface area is 183 Å². The van der Waals surface area contributed by atoms with Crippen molar-refractivity contribution in [2.75, 3.05) is 18.1 Å². The summed E-state index contributed by atoms with van der Waals surface area (Å²) in [6.07, 6.45) is 2.64. The van der Waals surface area contributed by atoms with Gasteiger partial charge in [-0.1, -0.05) is 29.4 Å². The lowest BCUT2D eigenvalue weighted by atomic mass is 10.1. The highest BCUT2D eigenvalue weighted by Gasteiger charge is 2.15. The Morgan fingerprint density at radius 2 is 1.93 bits per heavy atom. The Balaban J connectivity index is 1.57. The molecule has 0 aliphatic carbocycles. The van der Waals surface area contributed by atoms with Crippen molar-refractivity contribution >= 4 is 46.6 Å². The molecule has 2 N–H and O–H groups in total. The summed E-state index contributed by atoms with van der Waals surface area (Å²) in [4.78, 5) is 33.2. The zero-order valence-electron chi connectivity index (χ0n) is 17.2. The van der Waals surface area contributed by atoms with Crippen LogP contribution in [0.15, 0.2) is 23.4 Å². The summed E-state index contributed by atoms with van der Waals surface area (Å²) < 4.78 is 1.70. The number of thioether (sulfide) groups is 1. The number of fused-ring (bicyclic) bond motifs is 1. The molecule has 1 aromatic carbocycles. The Morgan fingerprint density at radius 3 is 2.67 bits per heavy atom. The predicted octanol–water partition coefficient (Wildman–Crippen LogP) is 3.11. The maximum atomic E-state index is 12.3. The maximum Gasteiger partial charge on any atom is 0.253 e. The van der Waals surface area contributed by atoms with Crippen LogP contribution in [0.2, 0.25) is 5.02 Å². The first-order chi connectivity index (χ1) is 14.3. The molecule has 0 saturated carbocycles. The fourth-order valence-corrected chi connectivity index (χ4v) is 3.59. The molecule has 0 radical (unpaired) electrons. The first-order valence-corrected chi connectivity index (χ1v) is 11.0. The molecule has 2 amide bonds. The smallest absolute Gasteiger partial charge is 0.253 e. The number of hydrogen-bond donors (Lipinski definition) is 2. The van der Waals surface area contributed by atoms with Gasteiger partial charge in [-0.3, -0.25) is 9.59 Å². The van der Waals surface area contributed by atoms with E-state index in [0.29, 0.717) is 28.1 Å². The van der Waals surface area contributed by atoms with E-state index in [0.717, 1.165) is 22.5 Å². The molecule has 0 saturated heterocycles. The van der Waals surface area contributed by atoms with E-state index in [9.17, 15) is 9.59 Å². The molecule has 0 unspecified atom stereocenters. The number of nitrogens with zero attached hydrogens (tertiary/aromatic N) is 4. The Morgan fingerprint density at radius 1 is 1.17 bits per heavy atom. The minimum atomic E-state index is -0.309. The molecule has 3 rings (SSSR count). The van der Waals surface area contributed by atoms with Crippen LogP contribution >= 0.6 is 23.4 Å². The standard InChI is InChI=1S/C20H23ClN6O2S/c1-11-15(21)6-5-7-16(11)24-18(29)10-22-17(28)9-8-14-12(2)23-19-25-20(30-4)26-27(19)13(14)3/h5-7H,8-10H2,1-4H3,(H,22,28)(H,24,29). The topological polar surface area (TPSA) is 101 Å². The van der Waals surface area contributed by atoms with E-state index in [4.69, 9.17) is 11.6 Å². The van der Waals surface area contributed by atoms with Gasteiger partial charge in [0.15, 0.2) is 0 Å². The van der Waals surface area contributed by atoms with E-state index in [-0.39, 0.29) is 24.8 Å². The second-order valence-corrected chi connectivity index (χ2v) is 7.99. The van der Waals surface area contributed by atoms with Crippen LogP contribution in [0.5, 0.6) is 0 Å². The SMILES string of the molecule is CSc1nc2nc(C)c(CCC(=O)NCC(=O)Nc3cccc(Cl)c3C)c(C)n2n1. The number of anilines is 1. The van der Waals surface area contributed by atoms with Crippen LogP contribution in [0.3, 0.4) is 0 Å². The number of carbonyl (C=O) groups is 2. The molecule has 8 nitrogen and oxygen atoms in total. The fourth-order valence-electron chi connectivity index (χ4n) is 3.08. The maximum absolute atomic E-state index is 12.3. The minimum Gasteiger partial charge on any atom is -0.347 e. The molecular formula is C20H23ClN6O2S. The molecular weight excluding hydrogens is 424 g/mol. The normalized spacial score (nSPS) is 11.0. The highest BCUT2D eigenvalue weighted by molar-refractivity contribution is 7.98. The fraction of sp³-hybridized carbons (Fsp3) is 0.350. The quantitative estimate of drug-likeness (QED) is 0.541. The van der Waals surface area contributed by atoms with Crippen molar-refractivity contribution in [1.29, 1.82) is 0 Å². The molecule has 10 heteroatoms. The third-order valence-corrected chi connectivity index (χ3v) is 5.75. The molecule has 0 atom stereocenters. The zero-order chi connectivity index (χ0) is 21.8. The van der Waals surface area contributed by atoms with Crippen LogP contribution in [0.1, 0.15) is 28.9 Å². The van der Waals surface area contributed by atoms with E-state index in [1.165, 1.54) is 11.8 Å². The van der Waals surface area contributed by atoms with Gasteiger partial charge in [-0.15, -0.1) is 5.10 Å². The van der Waals surface area contributed by atoms with Crippen molar-refractivity contribution in [1.82, 2.24) is 24.9 Å². The summed E-state index contributed by atoms with van der Waals surface area (Å²) in [6.45, 7) is 5.55. The Bertz CT molecular complexity index is 1110. The molecule has 2 aromatic heterocycles. The summed E-state index contributed by atoms with van der Waals surface area (Å²) in [6, 6.07) is 5.28.